The van der Waals surface area contributed by atoms with Crippen LogP contribution in [-0.2, 0) is 19.4 Å². The van der Waals surface area contributed by atoms with Crippen LogP contribution >= 0.6 is 0 Å². The highest BCUT2D eigenvalue weighted by atomic mass is 32.2. The number of hydrogen-bond acceptors (Lipinski definition) is 4. The Balaban J connectivity index is 2.40. The summed E-state index contributed by atoms with van der Waals surface area (Å²) in [5.74, 6) is -0.612. The number of hydrogen-bond donors (Lipinski definition) is 0. The van der Waals surface area contributed by atoms with Crippen molar-refractivity contribution < 1.29 is 17.9 Å². The van der Waals surface area contributed by atoms with Crippen LogP contribution in [0, 0.1) is 6.92 Å². The van der Waals surface area contributed by atoms with Crippen molar-refractivity contribution in [2.24, 2.45) is 0 Å². The molecule has 0 spiro atoms. The van der Waals surface area contributed by atoms with E-state index in [1.54, 1.807) is 38.1 Å². The standard InChI is InChI=1S/C15H20O4S/c1-11(2)19-14(16)15(9-4-10-15)20(17,18)13-7-5-12(3)6-8-13/h5-8,11H,4,9-10H2,1-3H3. The van der Waals surface area contributed by atoms with Gasteiger partial charge in [-0.15, -0.1) is 0 Å². The summed E-state index contributed by atoms with van der Waals surface area (Å²) in [4.78, 5) is 12.4. The third kappa shape index (κ3) is 2.35. The van der Waals surface area contributed by atoms with Crippen molar-refractivity contribution in [2.45, 2.75) is 55.8 Å². The highest BCUT2D eigenvalue weighted by Gasteiger charge is 2.57. The van der Waals surface area contributed by atoms with Crippen LogP contribution in [0.1, 0.15) is 38.7 Å². The lowest BCUT2D eigenvalue weighted by atomic mass is 9.84. The number of aryl methyl sites for hydroxylation is 1. The molecule has 5 heteroatoms. The van der Waals surface area contributed by atoms with E-state index >= 15 is 0 Å². The molecular weight excluding hydrogens is 276 g/mol. The quantitative estimate of drug-likeness (QED) is 0.801. The van der Waals surface area contributed by atoms with E-state index < -0.39 is 20.6 Å². The molecule has 4 nitrogen and oxygen atoms in total. The Hall–Kier alpha value is -1.36. The number of carbonyl (C=O) groups excluding carboxylic acids is 1. The highest BCUT2D eigenvalue weighted by molar-refractivity contribution is 7.93. The molecule has 0 aromatic heterocycles. The summed E-state index contributed by atoms with van der Waals surface area (Å²) in [5, 5.41) is 0. The average molecular weight is 296 g/mol. The van der Waals surface area contributed by atoms with Crippen molar-refractivity contribution in [1.82, 2.24) is 0 Å². The first-order chi connectivity index (χ1) is 9.29. The average Bonchev–Trinajstić information content (AvgIpc) is 2.26. The summed E-state index contributed by atoms with van der Waals surface area (Å²) in [5.41, 5.74) is 0.983. The van der Waals surface area contributed by atoms with E-state index in [9.17, 15) is 13.2 Å². The van der Waals surface area contributed by atoms with Crippen molar-refractivity contribution in [3.63, 3.8) is 0 Å². The molecule has 0 heterocycles. The minimum Gasteiger partial charge on any atom is -0.462 e. The van der Waals surface area contributed by atoms with Crippen LogP contribution in [0.5, 0.6) is 0 Å². The summed E-state index contributed by atoms with van der Waals surface area (Å²) in [6.07, 6.45) is 1.11. The topological polar surface area (TPSA) is 60.4 Å². The predicted molar refractivity (Wildman–Crippen MR) is 76.2 cm³/mol. The van der Waals surface area contributed by atoms with Gasteiger partial charge in [0.2, 0.25) is 0 Å². The predicted octanol–water partition coefficient (Wildman–Crippen LogP) is 2.64. The Morgan fingerprint density at radius 1 is 1.20 bits per heavy atom. The molecule has 0 bridgehead atoms. The molecule has 0 aliphatic heterocycles. The molecule has 1 saturated carbocycles. The molecule has 110 valence electrons. The zero-order valence-electron chi connectivity index (χ0n) is 12.0. The first-order valence-corrected chi connectivity index (χ1v) is 8.30. The summed E-state index contributed by atoms with van der Waals surface area (Å²) in [6.45, 7) is 5.34. The molecule has 0 radical (unpaired) electrons. The van der Waals surface area contributed by atoms with Gasteiger partial charge in [-0.25, -0.2) is 8.42 Å². The van der Waals surface area contributed by atoms with Crippen molar-refractivity contribution in [2.75, 3.05) is 0 Å². The highest BCUT2D eigenvalue weighted by Crippen LogP contribution is 2.44. The van der Waals surface area contributed by atoms with E-state index in [1.165, 1.54) is 0 Å². The Kier molecular flexibility index (Phi) is 3.91. The molecular formula is C15H20O4S. The normalized spacial score (nSPS) is 17.6. The lowest BCUT2D eigenvalue weighted by Gasteiger charge is -2.38. The number of esters is 1. The second-order valence-electron chi connectivity index (χ2n) is 5.62. The smallest absolute Gasteiger partial charge is 0.328 e. The maximum Gasteiger partial charge on any atom is 0.328 e. The molecule has 20 heavy (non-hydrogen) atoms. The Labute approximate surface area is 120 Å². The van der Waals surface area contributed by atoms with Crippen LogP contribution < -0.4 is 0 Å². The molecule has 0 atom stereocenters. The van der Waals surface area contributed by atoms with Gasteiger partial charge in [0.25, 0.3) is 0 Å². The van der Waals surface area contributed by atoms with Gasteiger partial charge in [0.05, 0.1) is 11.0 Å². The maximum absolute atomic E-state index is 12.8. The molecule has 0 saturated heterocycles. The molecule has 1 aliphatic rings. The van der Waals surface area contributed by atoms with Crippen molar-refractivity contribution >= 4 is 15.8 Å². The lowest BCUT2D eigenvalue weighted by Crippen LogP contribution is -2.53. The van der Waals surface area contributed by atoms with Crippen molar-refractivity contribution in [1.29, 1.82) is 0 Å². The van der Waals surface area contributed by atoms with E-state index in [2.05, 4.69) is 0 Å². The van der Waals surface area contributed by atoms with Crippen LogP contribution in [0.15, 0.2) is 29.2 Å². The molecule has 0 amide bonds. The second-order valence-corrected chi connectivity index (χ2v) is 7.88. The van der Waals surface area contributed by atoms with Crippen molar-refractivity contribution in [3.05, 3.63) is 29.8 Å². The summed E-state index contributed by atoms with van der Waals surface area (Å²) in [7, 11) is -3.70. The SMILES string of the molecule is Cc1ccc(S(=O)(=O)C2(C(=O)OC(C)C)CCC2)cc1. The number of benzene rings is 1. The first-order valence-electron chi connectivity index (χ1n) is 6.82. The van der Waals surface area contributed by atoms with Gasteiger partial charge in [-0.05, 0) is 52.2 Å². The van der Waals surface area contributed by atoms with E-state index in [-0.39, 0.29) is 11.0 Å². The van der Waals surface area contributed by atoms with Gasteiger partial charge in [0, 0.05) is 0 Å². The number of rotatable bonds is 4. The molecule has 1 aromatic carbocycles. The van der Waals surface area contributed by atoms with Gasteiger partial charge in [-0.2, -0.15) is 0 Å². The van der Waals surface area contributed by atoms with Gasteiger partial charge in [-0.1, -0.05) is 17.7 Å². The Morgan fingerprint density at radius 3 is 2.15 bits per heavy atom. The van der Waals surface area contributed by atoms with Gasteiger partial charge in [0.1, 0.15) is 0 Å². The fourth-order valence-corrected chi connectivity index (χ4v) is 4.38. The van der Waals surface area contributed by atoms with Crippen LogP contribution in [0.25, 0.3) is 0 Å². The monoisotopic (exact) mass is 296 g/mol. The maximum atomic E-state index is 12.8. The van der Waals surface area contributed by atoms with Crippen LogP contribution in [0.4, 0.5) is 0 Å². The zero-order chi connectivity index (χ0) is 15.0. The Bertz CT molecular complexity index is 595. The van der Waals surface area contributed by atoms with Crippen LogP contribution in [-0.4, -0.2) is 25.2 Å². The minimum absolute atomic E-state index is 0.198. The van der Waals surface area contributed by atoms with E-state index in [0.29, 0.717) is 12.8 Å². The Morgan fingerprint density at radius 2 is 1.75 bits per heavy atom. The van der Waals surface area contributed by atoms with Gasteiger partial charge in [0.15, 0.2) is 14.6 Å². The van der Waals surface area contributed by atoms with Crippen LogP contribution in [0.3, 0.4) is 0 Å². The third-order valence-corrected chi connectivity index (χ3v) is 6.22. The van der Waals surface area contributed by atoms with Gasteiger partial charge in [-0.3, -0.25) is 4.79 Å². The molecule has 1 aromatic rings. The molecule has 1 fully saturated rings. The van der Waals surface area contributed by atoms with Gasteiger partial charge >= 0.3 is 5.97 Å². The molecule has 0 N–H and O–H groups in total. The molecule has 0 unspecified atom stereocenters. The van der Waals surface area contributed by atoms with Crippen molar-refractivity contribution in [3.8, 4) is 0 Å². The number of ether oxygens (including phenoxy) is 1. The molecule has 2 rings (SSSR count). The van der Waals surface area contributed by atoms with Gasteiger partial charge < -0.3 is 4.74 Å². The first kappa shape index (κ1) is 15.0. The zero-order valence-corrected chi connectivity index (χ0v) is 12.9. The number of carbonyl (C=O) groups is 1. The summed E-state index contributed by atoms with van der Waals surface area (Å²) < 4.78 is 29.3. The fourth-order valence-electron chi connectivity index (χ4n) is 2.34. The fraction of sp³-hybridized carbons (Fsp3) is 0.533. The second kappa shape index (κ2) is 5.20. The third-order valence-electron chi connectivity index (χ3n) is 3.72. The largest absolute Gasteiger partial charge is 0.462 e. The lowest BCUT2D eigenvalue weighted by molar-refractivity contribution is -0.153. The van der Waals surface area contributed by atoms with E-state index in [0.717, 1.165) is 12.0 Å². The number of sulfone groups is 1. The summed E-state index contributed by atoms with van der Waals surface area (Å²) >= 11 is 0. The van der Waals surface area contributed by atoms with E-state index in [1.807, 2.05) is 6.92 Å². The van der Waals surface area contributed by atoms with E-state index in [4.69, 9.17) is 4.74 Å². The minimum atomic E-state index is -3.70. The molecule has 1 aliphatic carbocycles. The van der Waals surface area contributed by atoms with Crippen LogP contribution in [0.2, 0.25) is 0 Å². The summed E-state index contributed by atoms with van der Waals surface area (Å²) in [6, 6.07) is 6.61.